The first-order chi connectivity index (χ1) is 16.9. The van der Waals surface area contributed by atoms with E-state index >= 15 is 0 Å². The van der Waals surface area contributed by atoms with Gasteiger partial charge in [0.25, 0.3) is 0 Å². The van der Waals surface area contributed by atoms with E-state index in [9.17, 15) is 19.5 Å². The molecule has 1 heterocycles. The van der Waals surface area contributed by atoms with Gasteiger partial charge in [0.05, 0.1) is 6.10 Å². The topological polar surface area (TPSA) is 125 Å². The molecule has 1 fully saturated rings. The zero-order chi connectivity index (χ0) is 25.4. The van der Waals surface area contributed by atoms with Crippen molar-refractivity contribution in [3.63, 3.8) is 0 Å². The fraction of sp³-hybridized carbons (Fsp3) is 0.667. The molecule has 1 unspecified atom stereocenters. The molecule has 1 aliphatic heterocycles. The van der Waals surface area contributed by atoms with Crippen molar-refractivity contribution < 1.29 is 19.5 Å². The summed E-state index contributed by atoms with van der Waals surface area (Å²) in [6.07, 6.45) is 6.82. The highest BCUT2D eigenvalue weighted by molar-refractivity contribution is 5.93. The fourth-order valence-electron chi connectivity index (χ4n) is 5.23. The Morgan fingerprint density at radius 2 is 1.83 bits per heavy atom. The maximum atomic E-state index is 13.3. The Morgan fingerprint density at radius 1 is 1.11 bits per heavy atom. The number of fused-ring (bicyclic) bond motifs is 1. The van der Waals surface area contributed by atoms with Crippen molar-refractivity contribution >= 4 is 17.7 Å². The number of hydrogen-bond donors (Lipinski definition) is 4. The van der Waals surface area contributed by atoms with Gasteiger partial charge >= 0.3 is 0 Å². The molecule has 3 atom stereocenters. The largest absolute Gasteiger partial charge is 0.390 e. The fourth-order valence-corrected chi connectivity index (χ4v) is 5.23. The normalized spacial score (nSPS) is 19.2. The minimum Gasteiger partial charge on any atom is -0.390 e. The van der Waals surface area contributed by atoms with Gasteiger partial charge in [-0.1, -0.05) is 32.0 Å². The van der Waals surface area contributed by atoms with Crippen LogP contribution in [-0.2, 0) is 33.6 Å². The number of benzene rings is 1. The molecule has 194 valence electrons. The Morgan fingerprint density at radius 3 is 2.51 bits per heavy atom. The Kier molecular flexibility index (Phi) is 10.1. The molecule has 8 heteroatoms. The third kappa shape index (κ3) is 7.04. The summed E-state index contributed by atoms with van der Waals surface area (Å²) in [7, 11) is 0. The maximum Gasteiger partial charge on any atom is 0.243 e. The van der Waals surface area contributed by atoms with Crippen molar-refractivity contribution in [2.45, 2.75) is 89.8 Å². The van der Waals surface area contributed by atoms with E-state index in [1.807, 2.05) is 19.9 Å². The first kappa shape index (κ1) is 27.1. The van der Waals surface area contributed by atoms with E-state index in [-0.39, 0.29) is 36.7 Å². The van der Waals surface area contributed by atoms with Crippen molar-refractivity contribution in [1.82, 2.24) is 15.5 Å². The molecule has 0 saturated carbocycles. The summed E-state index contributed by atoms with van der Waals surface area (Å²) < 4.78 is 0. The molecule has 0 spiro atoms. The van der Waals surface area contributed by atoms with Gasteiger partial charge in [-0.3, -0.25) is 14.4 Å². The lowest BCUT2D eigenvalue weighted by atomic mass is 9.89. The summed E-state index contributed by atoms with van der Waals surface area (Å²) >= 11 is 0. The quantitative estimate of drug-likeness (QED) is 0.377. The summed E-state index contributed by atoms with van der Waals surface area (Å²) in [5.74, 6) is -0.719. The summed E-state index contributed by atoms with van der Waals surface area (Å²) in [5, 5.41) is 15.4. The van der Waals surface area contributed by atoms with Crippen LogP contribution in [0.5, 0.6) is 0 Å². The van der Waals surface area contributed by atoms with Crippen LogP contribution in [0.2, 0.25) is 0 Å². The van der Waals surface area contributed by atoms with Crippen molar-refractivity contribution in [2.75, 3.05) is 19.6 Å². The number of likely N-dealkylation sites (tertiary alicyclic amines) is 1. The van der Waals surface area contributed by atoms with E-state index in [1.165, 1.54) is 17.5 Å². The van der Waals surface area contributed by atoms with Gasteiger partial charge < -0.3 is 26.4 Å². The van der Waals surface area contributed by atoms with Gasteiger partial charge in [0.1, 0.15) is 12.1 Å². The van der Waals surface area contributed by atoms with Crippen molar-refractivity contribution in [3.05, 3.63) is 34.9 Å². The smallest absolute Gasteiger partial charge is 0.243 e. The number of amides is 3. The number of hydrogen-bond acceptors (Lipinski definition) is 5. The van der Waals surface area contributed by atoms with Crippen molar-refractivity contribution in [3.8, 4) is 0 Å². The van der Waals surface area contributed by atoms with Gasteiger partial charge in [0, 0.05) is 32.0 Å². The second-order valence-corrected chi connectivity index (χ2v) is 9.91. The minimum absolute atomic E-state index is 0.0224. The molecule has 3 rings (SSSR count). The standard InChI is InChI=1S/C27H42N4O4/c1-3-19(4-2)27(35)31-13-7-10-24(31)26(34)30-23(25(33)29-17-22(32)16-28)15-18-11-12-20-8-5-6-9-21(20)14-18/h11-12,14,19,22-24,32H,3-10,13,15-17,28H2,1-2H3,(H,29,33)(H,30,34)/t22?,23-,24+/m1/s1. The first-order valence-electron chi connectivity index (χ1n) is 13.2. The molecule has 2 aliphatic rings. The first-order valence-corrected chi connectivity index (χ1v) is 13.2. The van der Waals surface area contributed by atoms with Crippen LogP contribution in [0.15, 0.2) is 18.2 Å². The van der Waals surface area contributed by atoms with Gasteiger partial charge in [-0.05, 0) is 68.1 Å². The molecule has 1 aromatic carbocycles. The van der Waals surface area contributed by atoms with Crippen LogP contribution in [-0.4, -0.2) is 65.5 Å². The lowest BCUT2D eigenvalue weighted by Crippen LogP contribution is -2.55. The number of aliphatic hydroxyl groups is 1. The summed E-state index contributed by atoms with van der Waals surface area (Å²) in [6.45, 7) is 4.61. The third-order valence-electron chi connectivity index (χ3n) is 7.44. The van der Waals surface area contributed by atoms with Crippen LogP contribution in [0, 0.1) is 5.92 Å². The highest BCUT2D eigenvalue weighted by Crippen LogP contribution is 2.24. The van der Waals surface area contributed by atoms with Crippen molar-refractivity contribution in [1.29, 1.82) is 0 Å². The average molecular weight is 487 g/mol. The van der Waals surface area contributed by atoms with Gasteiger partial charge in [0.15, 0.2) is 0 Å². The number of nitrogens with two attached hydrogens (primary N) is 1. The molecular formula is C27H42N4O4. The third-order valence-corrected chi connectivity index (χ3v) is 7.44. The Hall–Kier alpha value is -2.45. The van der Waals surface area contributed by atoms with Gasteiger partial charge in [-0.25, -0.2) is 0 Å². The van der Waals surface area contributed by atoms with Gasteiger partial charge in [0.2, 0.25) is 17.7 Å². The van der Waals surface area contributed by atoms with Crippen LogP contribution in [0.25, 0.3) is 0 Å². The van der Waals surface area contributed by atoms with Crippen LogP contribution < -0.4 is 16.4 Å². The van der Waals surface area contributed by atoms with Crippen LogP contribution in [0.1, 0.15) is 69.1 Å². The summed E-state index contributed by atoms with van der Waals surface area (Å²) in [4.78, 5) is 41.1. The zero-order valence-corrected chi connectivity index (χ0v) is 21.2. The average Bonchev–Trinajstić information content (AvgIpc) is 3.37. The zero-order valence-electron chi connectivity index (χ0n) is 21.2. The number of carbonyl (C=O) groups excluding carboxylic acids is 3. The second kappa shape index (κ2) is 13.0. The summed E-state index contributed by atoms with van der Waals surface area (Å²) in [5.41, 5.74) is 9.13. The molecule has 5 N–H and O–H groups in total. The Labute approximate surface area is 209 Å². The molecule has 1 aromatic rings. The predicted molar refractivity (Wildman–Crippen MR) is 136 cm³/mol. The predicted octanol–water partition coefficient (Wildman–Crippen LogP) is 1.46. The number of aliphatic hydroxyl groups excluding tert-OH is 1. The number of aryl methyl sites for hydroxylation is 2. The molecular weight excluding hydrogens is 444 g/mol. The molecule has 1 saturated heterocycles. The molecule has 0 bridgehead atoms. The summed E-state index contributed by atoms with van der Waals surface area (Å²) in [6, 6.07) is 4.94. The minimum atomic E-state index is -0.845. The molecule has 0 aromatic heterocycles. The number of rotatable bonds is 11. The Bertz CT molecular complexity index is 886. The maximum absolute atomic E-state index is 13.3. The van der Waals surface area contributed by atoms with Crippen LogP contribution >= 0.6 is 0 Å². The van der Waals surface area contributed by atoms with E-state index in [0.29, 0.717) is 19.4 Å². The van der Waals surface area contributed by atoms with E-state index in [0.717, 1.165) is 44.1 Å². The van der Waals surface area contributed by atoms with Crippen molar-refractivity contribution in [2.24, 2.45) is 11.7 Å². The van der Waals surface area contributed by atoms with Gasteiger partial charge in [-0.2, -0.15) is 0 Å². The molecule has 8 nitrogen and oxygen atoms in total. The Balaban J connectivity index is 1.74. The van der Waals surface area contributed by atoms with E-state index in [4.69, 9.17) is 5.73 Å². The van der Waals surface area contributed by atoms with E-state index in [2.05, 4.69) is 22.8 Å². The molecule has 35 heavy (non-hydrogen) atoms. The number of nitrogens with one attached hydrogen (secondary N) is 2. The lowest BCUT2D eigenvalue weighted by Gasteiger charge is -2.29. The highest BCUT2D eigenvalue weighted by Gasteiger charge is 2.37. The highest BCUT2D eigenvalue weighted by atomic mass is 16.3. The molecule has 3 amide bonds. The monoisotopic (exact) mass is 486 g/mol. The van der Waals surface area contributed by atoms with Gasteiger partial charge in [-0.15, -0.1) is 0 Å². The van der Waals surface area contributed by atoms with Crippen LogP contribution in [0.4, 0.5) is 0 Å². The van der Waals surface area contributed by atoms with E-state index < -0.39 is 18.2 Å². The number of nitrogens with zero attached hydrogens (tertiary/aromatic N) is 1. The second-order valence-electron chi connectivity index (χ2n) is 9.91. The lowest BCUT2D eigenvalue weighted by molar-refractivity contribution is -0.142. The SMILES string of the molecule is CCC(CC)C(=O)N1CCC[C@H]1C(=O)N[C@H](Cc1ccc2c(c1)CCCC2)C(=O)NCC(O)CN. The molecule has 1 aliphatic carbocycles. The van der Waals surface area contributed by atoms with Crippen LogP contribution in [0.3, 0.4) is 0 Å². The number of carbonyl (C=O) groups is 3. The molecule has 0 radical (unpaired) electrons. The van der Waals surface area contributed by atoms with E-state index in [1.54, 1.807) is 4.90 Å².